The standard InChI is InChI=1S/C8H8N4O2/c1-12(14)8(13)7-11-5-2-4-10-6-3-9/h4,9,14H,7H2,1H3. The lowest BCUT2D eigenvalue weighted by Crippen LogP contribution is -2.24. The Kier molecular flexibility index (Phi) is 6.31. The summed E-state index contributed by atoms with van der Waals surface area (Å²) < 4.78 is 0. The van der Waals surface area contributed by atoms with Crippen molar-refractivity contribution in [3.05, 3.63) is 11.9 Å². The van der Waals surface area contributed by atoms with Gasteiger partial charge in [0.2, 0.25) is 0 Å². The maximum atomic E-state index is 10.7. The molecule has 0 unspecified atom stereocenters. The molecular weight excluding hydrogens is 184 g/mol. The molecular formula is C8H8N4O2. The maximum absolute atomic E-state index is 10.7. The van der Waals surface area contributed by atoms with Crippen LogP contribution in [-0.4, -0.2) is 47.4 Å². The van der Waals surface area contributed by atoms with Gasteiger partial charge >= 0.3 is 0 Å². The van der Waals surface area contributed by atoms with Crippen LogP contribution in [-0.2, 0) is 4.79 Å². The van der Waals surface area contributed by atoms with Crippen molar-refractivity contribution < 1.29 is 10.0 Å². The van der Waals surface area contributed by atoms with E-state index in [0.717, 1.165) is 6.20 Å². The second kappa shape index (κ2) is 7.47. The quantitative estimate of drug-likeness (QED) is 0.277. The summed E-state index contributed by atoms with van der Waals surface area (Å²) in [7, 11) is 1.20. The molecule has 0 spiro atoms. The Morgan fingerprint density at radius 2 is 2.36 bits per heavy atom. The molecule has 14 heavy (non-hydrogen) atoms. The van der Waals surface area contributed by atoms with Gasteiger partial charge in [0.25, 0.3) is 5.91 Å². The molecule has 0 aromatic heterocycles. The predicted molar refractivity (Wildman–Crippen MR) is 50.1 cm³/mol. The molecule has 0 saturated heterocycles. The second-order valence-corrected chi connectivity index (χ2v) is 1.98. The lowest BCUT2D eigenvalue weighted by atomic mass is 10.6. The number of rotatable bonds is 3. The van der Waals surface area contributed by atoms with E-state index >= 15 is 0 Å². The number of nitrogens with one attached hydrogen (secondary N) is 1. The van der Waals surface area contributed by atoms with Crippen LogP contribution in [0.3, 0.4) is 0 Å². The van der Waals surface area contributed by atoms with Gasteiger partial charge < -0.3 is 0 Å². The van der Waals surface area contributed by atoms with Crippen molar-refractivity contribution >= 4 is 23.5 Å². The third-order valence-corrected chi connectivity index (χ3v) is 0.968. The Labute approximate surface area is 80.4 Å². The van der Waals surface area contributed by atoms with Gasteiger partial charge in [0.05, 0.1) is 17.9 Å². The molecule has 0 bridgehead atoms. The van der Waals surface area contributed by atoms with Crippen molar-refractivity contribution in [2.75, 3.05) is 13.6 Å². The SMILES string of the molecule is CN(O)C(=O)CN=C=C=CN=C=C=N. The first-order valence-corrected chi connectivity index (χ1v) is 3.49. The van der Waals surface area contributed by atoms with Crippen LogP contribution in [0.25, 0.3) is 0 Å². The average molecular weight is 192 g/mol. The molecule has 0 aliphatic heterocycles. The van der Waals surface area contributed by atoms with Gasteiger partial charge in [-0.15, -0.1) is 0 Å². The van der Waals surface area contributed by atoms with E-state index in [0.29, 0.717) is 5.06 Å². The van der Waals surface area contributed by atoms with E-state index in [9.17, 15) is 4.79 Å². The van der Waals surface area contributed by atoms with Gasteiger partial charge in [-0.25, -0.2) is 15.5 Å². The molecule has 72 valence electrons. The molecule has 0 radical (unpaired) electrons. The highest BCUT2D eigenvalue weighted by Gasteiger charge is 2.01. The maximum Gasteiger partial charge on any atom is 0.268 e. The molecule has 0 aromatic carbocycles. The Balaban J connectivity index is 4.19. The van der Waals surface area contributed by atoms with E-state index in [1.54, 1.807) is 5.87 Å². The minimum absolute atomic E-state index is 0.210. The van der Waals surface area contributed by atoms with Crippen molar-refractivity contribution in [1.29, 1.82) is 5.41 Å². The monoisotopic (exact) mass is 192 g/mol. The van der Waals surface area contributed by atoms with E-state index in [2.05, 4.69) is 27.5 Å². The largest absolute Gasteiger partial charge is 0.286 e. The Morgan fingerprint density at radius 3 is 2.93 bits per heavy atom. The number of hydrogen-bond donors (Lipinski definition) is 2. The fraction of sp³-hybridized carbons (Fsp3) is 0.250. The number of carbonyl (C=O) groups is 1. The van der Waals surface area contributed by atoms with E-state index in [4.69, 9.17) is 10.6 Å². The molecule has 0 saturated carbocycles. The first-order chi connectivity index (χ1) is 6.68. The number of amides is 1. The zero-order valence-electron chi connectivity index (χ0n) is 7.48. The summed E-state index contributed by atoms with van der Waals surface area (Å²) in [5.41, 5.74) is 2.37. The van der Waals surface area contributed by atoms with Gasteiger partial charge in [0.15, 0.2) is 0 Å². The fourth-order valence-corrected chi connectivity index (χ4v) is 0.381. The summed E-state index contributed by atoms with van der Waals surface area (Å²) in [5, 5.41) is 15.4. The number of nitrogens with zero attached hydrogens (tertiary/aromatic N) is 3. The zero-order chi connectivity index (χ0) is 10.8. The third-order valence-electron chi connectivity index (χ3n) is 0.968. The van der Waals surface area contributed by atoms with E-state index in [-0.39, 0.29) is 6.54 Å². The van der Waals surface area contributed by atoms with Crippen LogP contribution in [0.4, 0.5) is 0 Å². The highest BCUT2D eigenvalue weighted by atomic mass is 16.5. The molecule has 6 nitrogen and oxygen atoms in total. The van der Waals surface area contributed by atoms with Crippen molar-refractivity contribution in [2.45, 2.75) is 0 Å². The van der Waals surface area contributed by atoms with Crippen molar-refractivity contribution in [3.8, 4) is 0 Å². The molecule has 0 atom stereocenters. The van der Waals surface area contributed by atoms with Crippen molar-refractivity contribution in [1.82, 2.24) is 5.06 Å². The molecule has 0 rings (SSSR count). The van der Waals surface area contributed by atoms with Crippen LogP contribution in [0.15, 0.2) is 21.9 Å². The normalized spacial score (nSPS) is 7.00. The summed E-state index contributed by atoms with van der Waals surface area (Å²) in [6, 6.07) is 0. The van der Waals surface area contributed by atoms with Crippen LogP contribution in [0.5, 0.6) is 0 Å². The first kappa shape index (κ1) is 11.8. The zero-order valence-corrected chi connectivity index (χ0v) is 7.48. The summed E-state index contributed by atoms with van der Waals surface area (Å²) in [4.78, 5) is 17.6. The lowest BCUT2D eigenvalue weighted by Gasteiger charge is -2.03. The van der Waals surface area contributed by atoms with Gasteiger partial charge in [-0.2, -0.15) is 4.99 Å². The smallest absolute Gasteiger partial charge is 0.268 e. The number of carbonyl (C=O) groups excluding carboxylic acids is 1. The third kappa shape index (κ3) is 6.53. The van der Waals surface area contributed by atoms with E-state index in [1.807, 2.05) is 0 Å². The van der Waals surface area contributed by atoms with Crippen LogP contribution in [0.2, 0.25) is 0 Å². The van der Waals surface area contributed by atoms with E-state index < -0.39 is 5.91 Å². The summed E-state index contributed by atoms with van der Waals surface area (Å²) in [6.07, 6.45) is 1.16. The van der Waals surface area contributed by atoms with Gasteiger partial charge in [-0.3, -0.25) is 10.0 Å². The Hall–Kier alpha value is -2.18. The highest BCUT2D eigenvalue weighted by molar-refractivity contribution is 5.86. The molecule has 0 aliphatic rings. The predicted octanol–water partition coefficient (Wildman–Crippen LogP) is -0.353. The average Bonchev–Trinajstić information content (AvgIpc) is 2.16. The molecule has 6 heteroatoms. The lowest BCUT2D eigenvalue weighted by molar-refractivity contribution is -0.157. The highest BCUT2D eigenvalue weighted by Crippen LogP contribution is 1.77. The second-order valence-electron chi connectivity index (χ2n) is 1.98. The molecule has 2 N–H and O–H groups in total. The molecule has 0 heterocycles. The summed E-state index contributed by atoms with van der Waals surface area (Å²) in [6.45, 7) is -0.210. The van der Waals surface area contributed by atoms with Crippen molar-refractivity contribution in [3.63, 3.8) is 0 Å². The number of aliphatic imine (C=N–C) groups is 2. The first-order valence-electron chi connectivity index (χ1n) is 3.49. The van der Waals surface area contributed by atoms with Gasteiger partial charge in [0, 0.05) is 12.9 Å². The molecule has 1 amide bonds. The topological polar surface area (TPSA) is 89.1 Å². The number of hydroxylamine groups is 2. The summed E-state index contributed by atoms with van der Waals surface area (Å²) in [5.74, 6) is 5.61. The molecule has 0 aliphatic carbocycles. The van der Waals surface area contributed by atoms with Crippen LogP contribution in [0.1, 0.15) is 0 Å². The van der Waals surface area contributed by atoms with Crippen LogP contribution in [0, 0.1) is 5.41 Å². The van der Waals surface area contributed by atoms with Crippen LogP contribution < -0.4 is 0 Å². The minimum atomic E-state index is -0.554. The van der Waals surface area contributed by atoms with Gasteiger partial charge in [-0.05, 0) is 5.73 Å². The minimum Gasteiger partial charge on any atom is -0.286 e. The molecule has 0 fully saturated rings. The number of likely N-dealkylation sites (N-methyl/N-ethyl adjacent to an activating group) is 1. The van der Waals surface area contributed by atoms with Crippen LogP contribution >= 0.6 is 0 Å². The molecule has 0 aromatic rings. The number of hydrogen-bond acceptors (Lipinski definition) is 5. The van der Waals surface area contributed by atoms with Gasteiger partial charge in [-0.1, -0.05) is 0 Å². The Morgan fingerprint density at radius 1 is 1.64 bits per heavy atom. The summed E-state index contributed by atoms with van der Waals surface area (Å²) >= 11 is 0. The van der Waals surface area contributed by atoms with Crippen molar-refractivity contribution in [2.24, 2.45) is 9.98 Å². The van der Waals surface area contributed by atoms with E-state index in [1.165, 1.54) is 7.05 Å². The Bertz CT molecular complexity index is 374. The fourth-order valence-electron chi connectivity index (χ4n) is 0.381. The van der Waals surface area contributed by atoms with Gasteiger partial charge in [0.1, 0.15) is 6.54 Å².